The third kappa shape index (κ3) is 4.08. The van der Waals surface area contributed by atoms with E-state index < -0.39 is 0 Å². The van der Waals surface area contributed by atoms with Crippen LogP contribution in [0.2, 0.25) is 0 Å². The fraction of sp³-hybridized carbons (Fsp3) is 0.375. The van der Waals surface area contributed by atoms with Gasteiger partial charge < -0.3 is 4.74 Å². The number of benzene rings is 1. The highest BCUT2D eigenvalue weighted by molar-refractivity contribution is 5.63. The van der Waals surface area contributed by atoms with Crippen molar-refractivity contribution >= 4 is 0 Å². The molecular formula is C24H26N4O. The molecule has 3 heterocycles. The van der Waals surface area contributed by atoms with E-state index in [9.17, 15) is 0 Å². The van der Waals surface area contributed by atoms with Crippen molar-refractivity contribution in [2.45, 2.75) is 57.7 Å². The molecule has 1 saturated heterocycles. The van der Waals surface area contributed by atoms with Gasteiger partial charge in [-0.1, -0.05) is 18.2 Å². The van der Waals surface area contributed by atoms with Crippen molar-refractivity contribution < 1.29 is 4.74 Å². The maximum atomic E-state index is 9.11. The van der Waals surface area contributed by atoms with Crippen LogP contribution in [-0.2, 0) is 4.74 Å². The van der Waals surface area contributed by atoms with E-state index in [0.717, 1.165) is 35.6 Å². The van der Waals surface area contributed by atoms with Crippen LogP contribution in [0.3, 0.4) is 0 Å². The van der Waals surface area contributed by atoms with Gasteiger partial charge in [-0.25, -0.2) is 9.67 Å². The first-order valence-electron chi connectivity index (χ1n) is 9.98. The van der Waals surface area contributed by atoms with Crippen LogP contribution in [0.25, 0.3) is 17.1 Å². The maximum Gasteiger partial charge on any atom is 0.153 e. The lowest BCUT2D eigenvalue weighted by atomic mass is 9.79. The van der Waals surface area contributed by atoms with Crippen molar-refractivity contribution in [3.05, 3.63) is 66.0 Å². The van der Waals surface area contributed by atoms with Crippen molar-refractivity contribution in [3.63, 3.8) is 0 Å². The van der Waals surface area contributed by atoms with Crippen LogP contribution < -0.4 is 0 Å². The minimum Gasteiger partial charge on any atom is -0.370 e. The molecule has 3 aromatic rings. The summed E-state index contributed by atoms with van der Waals surface area (Å²) in [5.41, 5.74) is 3.29. The Hall–Kier alpha value is -2.97. The van der Waals surface area contributed by atoms with E-state index in [-0.39, 0.29) is 11.2 Å². The first-order valence-corrected chi connectivity index (χ1v) is 9.98. The van der Waals surface area contributed by atoms with Gasteiger partial charge in [-0.15, -0.1) is 0 Å². The second-order valence-electron chi connectivity index (χ2n) is 8.97. The standard InChI is InChI=1S/C24H26N4O/c1-23(2)14-19(15-24(3,4)29-23)20-13-21(18-10-8-17(16-25)9-11-18)28(27-20)22-7-5-6-12-26-22/h5-13,19H,14-15H2,1-4H3. The zero-order valence-electron chi connectivity index (χ0n) is 17.4. The summed E-state index contributed by atoms with van der Waals surface area (Å²) in [5, 5.41) is 14.1. The van der Waals surface area contributed by atoms with Gasteiger partial charge in [0, 0.05) is 17.7 Å². The number of ether oxygens (including phenoxy) is 1. The van der Waals surface area contributed by atoms with Crippen LogP contribution >= 0.6 is 0 Å². The lowest BCUT2D eigenvalue weighted by molar-refractivity contribution is -0.162. The van der Waals surface area contributed by atoms with Crippen molar-refractivity contribution in [3.8, 4) is 23.1 Å². The Kier molecular flexibility index (Phi) is 4.76. The first-order chi connectivity index (χ1) is 13.8. The Balaban J connectivity index is 1.80. The molecule has 1 aliphatic rings. The summed E-state index contributed by atoms with van der Waals surface area (Å²) in [4.78, 5) is 4.51. The van der Waals surface area contributed by atoms with Crippen molar-refractivity contribution in [1.82, 2.24) is 14.8 Å². The molecule has 0 bridgehead atoms. The third-order valence-corrected chi connectivity index (χ3v) is 5.35. The highest BCUT2D eigenvalue weighted by atomic mass is 16.5. The monoisotopic (exact) mass is 386 g/mol. The number of nitriles is 1. The second kappa shape index (κ2) is 7.13. The Labute approximate surface area is 172 Å². The first kappa shape index (κ1) is 19.4. The maximum absolute atomic E-state index is 9.11. The van der Waals surface area contributed by atoms with Gasteiger partial charge in [0.15, 0.2) is 5.82 Å². The number of nitrogens with zero attached hydrogens (tertiary/aromatic N) is 4. The molecule has 5 heteroatoms. The SMILES string of the molecule is CC1(C)CC(c2cc(-c3ccc(C#N)cc3)n(-c3ccccn3)n2)CC(C)(C)O1. The molecule has 29 heavy (non-hydrogen) atoms. The molecule has 1 aliphatic heterocycles. The van der Waals surface area contributed by atoms with Crippen LogP contribution in [0.4, 0.5) is 0 Å². The minimum atomic E-state index is -0.199. The third-order valence-electron chi connectivity index (χ3n) is 5.35. The molecule has 0 saturated carbocycles. The number of hydrogen-bond donors (Lipinski definition) is 0. The summed E-state index contributed by atoms with van der Waals surface area (Å²) < 4.78 is 8.18. The minimum absolute atomic E-state index is 0.199. The Morgan fingerprint density at radius 2 is 1.72 bits per heavy atom. The van der Waals surface area contributed by atoms with E-state index in [2.05, 4.69) is 44.8 Å². The second-order valence-corrected chi connectivity index (χ2v) is 8.97. The highest BCUT2D eigenvalue weighted by Crippen LogP contribution is 2.43. The number of hydrogen-bond acceptors (Lipinski definition) is 4. The van der Waals surface area contributed by atoms with Crippen LogP contribution in [0.1, 0.15) is 57.7 Å². The van der Waals surface area contributed by atoms with E-state index in [1.807, 2.05) is 47.1 Å². The summed E-state index contributed by atoms with van der Waals surface area (Å²) in [7, 11) is 0. The molecule has 0 amide bonds. The Morgan fingerprint density at radius 1 is 1.03 bits per heavy atom. The van der Waals surface area contributed by atoms with Gasteiger partial charge in [-0.05, 0) is 70.9 Å². The quantitative estimate of drug-likeness (QED) is 0.616. The molecule has 5 nitrogen and oxygen atoms in total. The zero-order chi connectivity index (χ0) is 20.6. The number of pyridine rings is 1. The number of rotatable bonds is 3. The molecular weight excluding hydrogens is 360 g/mol. The molecule has 0 spiro atoms. The highest BCUT2D eigenvalue weighted by Gasteiger charge is 2.40. The number of aromatic nitrogens is 3. The summed E-state index contributed by atoms with van der Waals surface area (Å²) in [5.74, 6) is 1.08. The molecule has 1 aromatic carbocycles. The van der Waals surface area contributed by atoms with E-state index in [1.54, 1.807) is 6.20 Å². The van der Waals surface area contributed by atoms with Gasteiger partial charge in [0.1, 0.15) is 0 Å². The molecule has 0 radical (unpaired) electrons. The molecule has 148 valence electrons. The average Bonchev–Trinajstić information content (AvgIpc) is 3.12. The predicted molar refractivity (Wildman–Crippen MR) is 113 cm³/mol. The average molecular weight is 386 g/mol. The summed E-state index contributed by atoms with van der Waals surface area (Å²) in [6, 6.07) is 17.8. The molecule has 0 N–H and O–H groups in total. The van der Waals surface area contributed by atoms with E-state index in [1.165, 1.54) is 0 Å². The van der Waals surface area contributed by atoms with Crippen LogP contribution in [0, 0.1) is 11.3 Å². The van der Waals surface area contributed by atoms with Gasteiger partial charge in [-0.2, -0.15) is 10.4 Å². The van der Waals surface area contributed by atoms with Crippen molar-refractivity contribution in [1.29, 1.82) is 5.26 Å². The van der Waals surface area contributed by atoms with E-state index in [0.29, 0.717) is 11.5 Å². The largest absolute Gasteiger partial charge is 0.370 e. The zero-order valence-corrected chi connectivity index (χ0v) is 17.4. The van der Waals surface area contributed by atoms with Crippen LogP contribution in [0.5, 0.6) is 0 Å². The molecule has 1 fully saturated rings. The van der Waals surface area contributed by atoms with Gasteiger partial charge in [-0.3, -0.25) is 0 Å². The summed E-state index contributed by atoms with van der Waals surface area (Å²) in [6.07, 6.45) is 3.62. The lowest BCUT2D eigenvalue weighted by Crippen LogP contribution is -2.44. The Morgan fingerprint density at radius 3 is 2.31 bits per heavy atom. The fourth-order valence-electron chi connectivity index (χ4n) is 4.47. The predicted octanol–water partition coefficient (Wildman–Crippen LogP) is 5.26. The molecule has 0 aliphatic carbocycles. The lowest BCUT2D eigenvalue weighted by Gasteiger charge is -2.45. The summed E-state index contributed by atoms with van der Waals surface area (Å²) >= 11 is 0. The fourth-order valence-corrected chi connectivity index (χ4v) is 4.47. The van der Waals surface area contributed by atoms with Gasteiger partial charge in [0.2, 0.25) is 0 Å². The van der Waals surface area contributed by atoms with Crippen molar-refractivity contribution in [2.75, 3.05) is 0 Å². The summed E-state index contributed by atoms with van der Waals surface area (Å²) in [6.45, 7) is 8.60. The topological polar surface area (TPSA) is 63.7 Å². The Bertz CT molecular complexity index is 1030. The van der Waals surface area contributed by atoms with Gasteiger partial charge in [0.25, 0.3) is 0 Å². The normalized spacial score (nSPS) is 18.3. The van der Waals surface area contributed by atoms with E-state index in [4.69, 9.17) is 15.1 Å². The smallest absolute Gasteiger partial charge is 0.153 e. The molecule has 0 unspecified atom stereocenters. The molecule has 0 atom stereocenters. The van der Waals surface area contributed by atoms with Crippen LogP contribution in [-0.4, -0.2) is 26.0 Å². The van der Waals surface area contributed by atoms with E-state index >= 15 is 0 Å². The van der Waals surface area contributed by atoms with Gasteiger partial charge >= 0.3 is 0 Å². The molecule has 2 aromatic heterocycles. The van der Waals surface area contributed by atoms with Crippen LogP contribution in [0.15, 0.2) is 54.7 Å². The van der Waals surface area contributed by atoms with Gasteiger partial charge in [0.05, 0.1) is 34.2 Å². The van der Waals surface area contributed by atoms with Crippen molar-refractivity contribution in [2.24, 2.45) is 0 Å². The molecule has 4 rings (SSSR count).